The molecular weight excluding hydrogens is 353 g/mol. The van der Waals surface area contributed by atoms with Gasteiger partial charge in [0.1, 0.15) is 11.6 Å². The summed E-state index contributed by atoms with van der Waals surface area (Å²) >= 11 is 5.83. The number of nitrogens with zero attached hydrogens (tertiary/aromatic N) is 1. The van der Waals surface area contributed by atoms with Gasteiger partial charge in [0.2, 0.25) is 5.91 Å². The summed E-state index contributed by atoms with van der Waals surface area (Å²) in [6.45, 7) is 0.560. The first kappa shape index (κ1) is 17.9. The van der Waals surface area contributed by atoms with Gasteiger partial charge in [-0.05, 0) is 47.5 Å². The van der Waals surface area contributed by atoms with Crippen LogP contribution in [-0.2, 0) is 17.8 Å². The molecular formula is C20H17ClFN3O. The lowest BCUT2D eigenvalue weighted by atomic mass is 10.1. The molecule has 0 saturated heterocycles. The van der Waals surface area contributed by atoms with Crippen molar-refractivity contribution in [2.75, 3.05) is 10.6 Å². The number of hydrogen-bond acceptors (Lipinski definition) is 3. The average Bonchev–Trinajstić information content (AvgIpc) is 2.64. The maximum atomic E-state index is 12.9. The number of hydrogen-bond donors (Lipinski definition) is 2. The Morgan fingerprint density at radius 3 is 2.31 bits per heavy atom. The number of nitrogens with one attached hydrogen (secondary N) is 2. The number of amides is 1. The van der Waals surface area contributed by atoms with Crippen molar-refractivity contribution in [3.63, 3.8) is 0 Å². The topological polar surface area (TPSA) is 54.0 Å². The molecule has 2 N–H and O–H groups in total. The molecule has 0 unspecified atom stereocenters. The van der Waals surface area contributed by atoms with Crippen molar-refractivity contribution in [3.05, 3.63) is 88.8 Å². The summed E-state index contributed by atoms with van der Waals surface area (Å²) in [7, 11) is 0. The summed E-state index contributed by atoms with van der Waals surface area (Å²) in [5, 5.41) is 6.59. The van der Waals surface area contributed by atoms with E-state index < -0.39 is 0 Å². The zero-order valence-corrected chi connectivity index (χ0v) is 14.6. The lowest BCUT2D eigenvalue weighted by Crippen LogP contribution is -2.15. The molecule has 0 saturated carbocycles. The van der Waals surface area contributed by atoms with Gasteiger partial charge in [-0.25, -0.2) is 9.37 Å². The highest BCUT2D eigenvalue weighted by Gasteiger charge is 2.05. The zero-order valence-electron chi connectivity index (χ0n) is 13.9. The van der Waals surface area contributed by atoms with Crippen molar-refractivity contribution in [2.24, 2.45) is 0 Å². The first-order chi connectivity index (χ1) is 12.6. The molecule has 0 radical (unpaired) electrons. The highest BCUT2D eigenvalue weighted by Crippen LogP contribution is 2.13. The standard InChI is InChI=1S/C20H17ClFN3O/c21-16-5-1-14(2-6-16)11-20(26)25-19-10-9-18(13-24-19)23-12-15-3-7-17(22)8-4-15/h1-10,13,23H,11-12H2,(H,24,25,26). The van der Waals surface area contributed by atoms with E-state index >= 15 is 0 Å². The molecule has 0 aliphatic rings. The molecule has 0 fully saturated rings. The number of halogens is 2. The van der Waals surface area contributed by atoms with E-state index in [1.165, 1.54) is 12.1 Å². The molecule has 26 heavy (non-hydrogen) atoms. The second kappa shape index (κ2) is 8.45. The Morgan fingerprint density at radius 1 is 0.962 bits per heavy atom. The molecule has 0 atom stereocenters. The Kier molecular flexibility index (Phi) is 5.81. The van der Waals surface area contributed by atoms with Gasteiger partial charge in [0.15, 0.2) is 0 Å². The van der Waals surface area contributed by atoms with E-state index in [1.807, 2.05) is 18.2 Å². The number of carbonyl (C=O) groups excluding carboxylic acids is 1. The molecule has 3 rings (SSSR count). The van der Waals surface area contributed by atoms with Crippen molar-refractivity contribution >= 4 is 29.0 Å². The third kappa shape index (κ3) is 5.29. The first-order valence-corrected chi connectivity index (χ1v) is 8.45. The molecule has 0 aliphatic heterocycles. The Morgan fingerprint density at radius 2 is 1.65 bits per heavy atom. The van der Waals surface area contributed by atoms with Gasteiger partial charge in [0.05, 0.1) is 18.3 Å². The first-order valence-electron chi connectivity index (χ1n) is 8.07. The Hall–Kier alpha value is -2.92. The predicted octanol–water partition coefficient (Wildman–Crippen LogP) is 4.67. The average molecular weight is 370 g/mol. The van der Waals surface area contributed by atoms with Crippen LogP contribution >= 0.6 is 11.6 Å². The molecule has 2 aromatic carbocycles. The summed E-state index contributed by atoms with van der Waals surface area (Å²) < 4.78 is 12.9. The monoisotopic (exact) mass is 369 g/mol. The zero-order chi connectivity index (χ0) is 18.4. The number of rotatable bonds is 6. The molecule has 132 valence electrons. The SMILES string of the molecule is O=C(Cc1ccc(Cl)cc1)Nc1ccc(NCc2ccc(F)cc2)cn1. The minimum atomic E-state index is -0.255. The number of aromatic nitrogens is 1. The normalized spacial score (nSPS) is 10.4. The molecule has 4 nitrogen and oxygen atoms in total. The fourth-order valence-corrected chi connectivity index (χ4v) is 2.48. The van der Waals surface area contributed by atoms with E-state index in [0.29, 0.717) is 17.4 Å². The third-order valence-electron chi connectivity index (χ3n) is 3.72. The van der Waals surface area contributed by atoms with Crippen LogP contribution in [0.15, 0.2) is 66.9 Å². The lowest BCUT2D eigenvalue weighted by Gasteiger charge is -2.08. The van der Waals surface area contributed by atoms with E-state index in [1.54, 1.807) is 36.5 Å². The van der Waals surface area contributed by atoms with E-state index in [-0.39, 0.29) is 18.1 Å². The van der Waals surface area contributed by atoms with E-state index in [9.17, 15) is 9.18 Å². The van der Waals surface area contributed by atoms with E-state index in [2.05, 4.69) is 15.6 Å². The minimum Gasteiger partial charge on any atom is -0.380 e. The lowest BCUT2D eigenvalue weighted by molar-refractivity contribution is -0.115. The highest BCUT2D eigenvalue weighted by atomic mass is 35.5. The fourth-order valence-electron chi connectivity index (χ4n) is 2.35. The molecule has 3 aromatic rings. The second-order valence-corrected chi connectivity index (χ2v) is 6.20. The third-order valence-corrected chi connectivity index (χ3v) is 3.97. The van der Waals surface area contributed by atoms with Crippen LogP contribution < -0.4 is 10.6 Å². The maximum Gasteiger partial charge on any atom is 0.229 e. The van der Waals surface area contributed by atoms with Crippen molar-refractivity contribution < 1.29 is 9.18 Å². The Bertz CT molecular complexity index is 865. The van der Waals surface area contributed by atoms with Gasteiger partial charge < -0.3 is 10.6 Å². The number of anilines is 2. The highest BCUT2D eigenvalue weighted by molar-refractivity contribution is 6.30. The Labute approximate surface area is 156 Å². The van der Waals surface area contributed by atoms with Crippen LogP contribution in [0.4, 0.5) is 15.9 Å². The smallest absolute Gasteiger partial charge is 0.229 e. The molecule has 6 heteroatoms. The van der Waals surface area contributed by atoms with Crippen LogP contribution in [-0.4, -0.2) is 10.9 Å². The summed E-state index contributed by atoms with van der Waals surface area (Å²) in [5.41, 5.74) is 2.65. The maximum absolute atomic E-state index is 12.9. The van der Waals surface area contributed by atoms with Crippen LogP contribution in [0.1, 0.15) is 11.1 Å². The van der Waals surface area contributed by atoms with Crippen molar-refractivity contribution in [1.29, 1.82) is 0 Å². The van der Waals surface area contributed by atoms with Crippen LogP contribution in [0, 0.1) is 5.82 Å². The van der Waals surface area contributed by atoms with Gasteiger partial charge in [-0.15, -0.1) is 0 Å². The van der Waals surface area contributed by atoms with Gasteiger partial charge in [0.25, 0.3) is 0 Å². The van der Waals surface area contributed by atoms with Crippen LogP contribution in [0.2, 0.25) is 5.02 Å². The molecule has 1 heterocycles. The summed E-state index contributed by atoms with van der Waals surface area (Å²) in [6, 6.07) is 17.0. The summed E-state index contributed by atoms with van der Waals surface area (Å²) in [5.74, 6) is 0.0808. The molecule has 0 bridgehead atoms. The molecule has 1 amide bonds. The number of benzene rings is 2. The molecule has 1 aromatic heterocycles. The second-order valence-electron chi connectivity index (χ2n) is 5.76. The quantitative estimate of drug-likeness (QED) is 0.664. The fraction of sp³-hybridized carbons (Fsp3) is 0.100. The largest absolute Gasteiger partial charge is 0.380 e. The van der Waals surface area contributed by atoms with Gasteiger partial charge in [-0.1, -0.05) is 35.9 Å². The van der Waals surface area contributed by atoms with Gasteiger partial charge >= 0.3 is 0 Å². The van der Waals surface area contributed by atoms with Crippen LogP contribution in [0.5, 0.6) is 0 Å². The summed E-state index contributed by atoms with van der Waals surface area (Å²) in [4.78, 5) is 16.3. The Balaban J connectivity index is 1.51. The van der Waals surface area contributed by atoms with Gasteiger partial charge in [-0.2, -0.15) is 0 Å². The van der Waals surface area contributed by atoms with Crippen molar-refractivity contribution in [1.82, 2.24) is 4.98 Å². The van der Waals surface area contributed by atoms with E-state index in [4.69, 9.17) is 11.6 Å². The minimum absolute atomic E-state index is 0.146. The van der Waals surface area contributed by atoms with Crippen molar-refractivity contribution in [2.45, 2.75) is 13.0 Å². The molecule has 0 spiro atoms. The van der Waals surface area contributed by atoms with Gasteiger partial charge in [0, 0.05) is 11.6 Å². The summed E-state index contributed by atoms with van der Waals surface area (Å²) in [6.07, 6.45) is 1.89. The predicted molar refractivity (Wildman–Crippen MR) is 102 cm³/mol. The van der Waals surface area contributed by atoms with Crippen molar-refractivity contribution in [3.8, 4) is 0 Å². The number of carbonyl (C=O) groups is 1. The number of pyridine rings is 1. The van der Waals surface area contributed by atoms with Gasteiger partial charge in [-0.3, -0.25) is 4.79 Å². The van der Waals surface area contributed by atoms with Crippen LogP contribution in [0.25, 0.3) is 0 Å². The molecule has 0 aliphatic carbocycles. The van der Waals surface area contributed by atoms with Crippen LogP contribution in [0.3, 0.4) is 0 Å². The van der Waals surface area contributed by atoms with E-state index in [0.717, 1.165) is 16.8 Å².